The van der Waals surface area contributed by atoms with Gasteiger partial charge in [-0.1, -0.05) is 18.2 Å². The Bertz CT molecular complexity index is 422. The lowest BCUT2D eigenvalue weighted by Crippen LogP contribution is -2.21. The number of carboxylic acids is 1. The van der Waals surface area contributed by atoms with Gasteiger partial charge in [-0.05, 0) is 30.5 Å². The zero-order valence-corrected chi connectivity index (χ0v) is 11.5. The maximum absolute atomic E-state index is 11.1. The molecule has 1 aromatic rings. The summed E-state index contributed by atoms with van der Waals surface area (Å²) in [5, 5.41) is 9.10. The molecule has 0 heterocycles. The topological polar surface area (TPSA) is 81.8 Å². The number of rotatable bonds is 10. The molecular weight excluding hydrogens is 257 g/mol. The highest BCUT2D eigenvalue weighted by atomic mass is 16.5. The molecule has 0 fully saturated rings. The van der Waals surface area contributed by atoms with Gasteiger partial charge in [0.25, 0.3) is 7.48 Å². The number of benzene rings is 1. The highest BCUT2D eigenvalue weighted by Gasteiger charge is 2.20. The fourth-order valence-electron chi connectivity index (χ4n) is 1.69. The molecule has 0 spiro atoms. The SMILES string of the molecule is C=CCCOc1ccc(CC(BOCN)C(=O)O)cc1. The van der Waals surface area contributed by atoms with Crippen LogP contribution in [0.5, 0.6) is 5.75 Å². The van der Waals surface area contributed by atoms with Crippen LogP contribution in [0.1, 0.15) is 12.0 Å². The van der Waals surface area contributed by atoms with E-state index in [9.17, 15) is 4.79 Å². The molecule has 0 aromatic heterocycles. The maximum Gasteiger partial charge on any atom is 0.301 e. The van der Waals surface area contributed by atoms with Crippen molar-refractivity contribution in [1.29, 1.82) is 0 Å². The van der Waals surface area contributed by atoms with Crippen LogP contribution in [0, 0.1) is 0 Å². The molecule has 3 N–H and O–H groups in total. The summed E-state index contributed by atoms with van der Waals surface area (Å²) < 4.78 is 10.5. The molecule has 0 aliphatic rings. The average molecular weight is 277 g/mol. The van der Waals surface area contributed by atoms with E-state index >= 15 is 0 Å². The molecular formula is C14H20BNO4. The fourth-order valence-corrected chi connectivity index (χ4v) is 1.69. The molecule has 0 radical (unpaired) electrons. The van der Waals surface area contributed by atoms with Crippen LogP contribution in [0.15, 0.2) is 36.9 Å². The van der Waals surface area contributed by atoms with Gasteiger partial charge in [0.15, 0.2) is 0 Å². The number of carbonyl (C=O) groups is 1. The molecule has 0 amide bonds. The first-order valence-electron chi connectivity index (χ1n) is 6.50. The van der Waals surface area contributed by atoms with Crippen molar-refractivity contribution in [2.24, 2.45) is 5.73 Å². The maximum atomic E-state index is 11.1. The van der Waals surface area contributed by atoms with Gasteiger partial charge in [-0.25, -0.2) is 0 Å². The Morgan fingerprint density at radius 1 is 1.45 bits per heavy atom. The van der Waals surface area contributed by atoms with Crippen LogP contribution in [0.2, 0.25) is 5.82 Å². The van der Waals surface area contributed by atoms with Gasteiger partial charge in [0, 0.05) is 0 Å². The van der Waals surface area contributed by atoms with E-state index < -0.39 is 11.8 Å². The predicted molar refractivity (Wildman–Crippen MR) is 79.1 cm³/mol. The molecule has 1 rings (SSSR count). The Balaban J connectivity index is 2.53. The smallest absolute Gasteiger partial charge is 0.301 e. The molecule has 1 atom stereocenters. The van der Waals surface area contributed by atoms with E-state index in [1.54, 1.807) is 6.08 Å². The van der Waals surface area contributed by atoms with E-state index in [0.29, 0.717) is 13.0 Å². The van der Waals surface area contributed by atoms with Gasteiger partial charge in [0.05, 0.1) is 19.2 Å². The lowest BCUT2D eigenvalue weighted by Gasteiger charge is -2.11. The first-order valence-corrected chi connectivity index (χ1v) is 6.50. The Labute approximate surface area is 119 Å². The summed E-state index contributed by atoms with van der Waals surface area (Å²) in [4.78, 5) is 11.1. The third-order valence-corrected chi connectivity index (χ3v) is 2.78. The normalized spacial score (nSPS) is 11.7. The zero-order valence-electron chi connectivity index (χ0n) is 11.5. The van der Waals surface area contributed by atoms with Gasteiger partial charge in [-0.2, -0.15) is 0 Å². The van der Waals surface area contributed by atoms with Crippen molar-refractivity contribution in [2.45, 2.75) is 18.7 Å². The summed E-state index contributed by atoms with van der Waals surface area (Å²) in [6, 6.07) is 7.39. The van der Waals surface area contributed by atoms with Crippen molar-refractivity contribution in [2.75, 3.05) is 13.3 Å². The van der Waals surface area contributed by atoms with E-state index in [1.807, 2.05) is 24.3 Å². The molecule has 6 heteroatoms. The van der Waals surface area contributed by atoms with E-state index in [0.717, 1.165) is 17.7 Å². The number of aliphatic carboxylic acids is 1. The number of carboxylic acid groups (broad SMARTS) is 1. The van der Waals surface area contributed by atoms with Crippen molar-refractivity contribution in [1.82, 2.24) is 0 Å². The molecule has 0 saturated carbocycles. The van der Waals surface area contributed by atoms with E-state index in [4.69, 9.17) is 20.2 Å². The van der Waals surface area contributed by atoms with Crippen molar-refractivity contribution < 1.29 is 19.3 Å². The van der Waals surface area contributed by atoms with Gasteiger partial charge in [-0.15, -0.1) is 6.58 Å². The van der Waals surface area contributed by atoms with Crippen molar-refractivity contribution in [3.8, 4) is 5.75 Å². The molecule has 0 aliphatic carbocycles. The summed E-state index contributed by atoms with van der Waals surface area (Å²) >= 11 is 0. The summed E-state index contributed by atoms with van der Waals surface area (Å²) in [7, 11) is 0.115. The number of hydrogen-bond acceptors (Lipinski definition) is 4. The standard InChI is InChI=1S/C14H20BNO4/c1-2-3-8-19-12-6-4-11(5-7-12)9-13(14(17)18)15-20-10-16/h2,4-7,13,15H,1,3,8-10,16H2,(H,17,18). The molecule has 0 saturated heterocycles. The van der Waals surface area contributed by atoms with Crippen molar-refractivity contribution in [3.63, 3.8) is 0 Å². The van der Waals surface area contributed by atoms with Crippen LogP contribution in [-0.4, -0.2) is 31.9 Å². The van der Waals surface area contributed by atoms with Crippen LogP contribution < -0.4 is 10.5 Å². The number of hydrogen-bond donors (Lipinski definition) is 2. The van der Waals surface area contributed by atoms with E-state index in [1.165, 1.54) is 0 Å². The molecule has 0 aliphatic heterocycles. The van der Waals surface area contributed by atoms with Gasteiger partial charge in [0.1, 0.15) is 5.75 Å². The van der Waals surface area contributed by atoms with E-state index in [-0.39, 0.29) is 14.2 Å². The average Bonchev–Trinajstić information content (AvgIpc) is 2.45. The van der Waals surface area contributed by atoms with Crippen molar-refractivity contribution >= 4 is 13.5 Å². The number of nitrogens with two attached hydrogens (primary N) is 1. The largest absolute Gasteiger partial charge is 0.493 e. The minimum absolute atomic E-state index is 0.0276. The molecule has 1 unspecified atom stereocenters. The van der Waals surface area contributed by atoms with Gasteiger partial charge >= 0.3 is 5.97 Å². The van der Waals surface area contributed by atoms with Gasteiger partial charge in [0.2, 0.25) is 0 Å². The Kier molecular flexibility index (Phi) is 7.46. The van der Waals surface area contributed by atoms with Gasteiger partial charge in [-0.3, -0.25) is 4.79 Å². The Morgan fingerprint density at radius 2 is 2.15 bits per heavy atom. The predicted octanol–water partition coefficient (Wildman–Crippen LogP) is 1.34. The highest BCUT2D eigenvalue weighted by molar-refractivity contribution is 6.36. The minimum atomic E-state index is -0.884. The van der Waals surface area contributed by atoms with Crippen LogP contribution in [0.4, 0.5) is 0 Å². The second-order valence-electron chi connectivity index (χ2n) is 4.35. The quantitative estimate of drug-likeness (QED) is 0.292. The second kappa shape index (κ2) is 9.17. The molecule has 5 nitrogen and oxygen atoms in total. The highest BCUT2D eigenvalue weighted by Crippen LogP contribution is 2.18. The minimum Gasteiger partial charge on any atom is -0.493 e. The molecule has 0 bridgehead atoms. The lowest BCUT2D eigenvalue weighted by atomic mass is 9.76. The van der Waals surface area contributed by atoms with Crippen molar-refractivity contribution in [3.05, 3.63) is 42.5 Å². The van der Waals surface area contributed by atoms with Crippen LogP contribution >= 0.6 is 0 Å². The molecule has 20 heavy (non-hydrogen) atoms. The summed E-state index contributed by atoms with van der Waals surface area (Å²) in [6.45, 7) is 4.24. The van der Waals surface area contributed by atoms with E-state index in [2.05, 4.69) is 6.58 Å². The second-order valence-corrected chi connectivity index (χ2v) is 4.35. The monoisotopic (exact) mass is 277 g/mol. The van der Waals surface area contributed by atoms with Crippen LogP contribution in [-0.2, 0) is 15.9 Å². The summed E-state index contributed by atoms with van der Waals surface area (Å²) in [5.41, 5.74) is 6.13. The van der Waals surface area contributed by atoms with Crippen LogP contribution in [0.3, 0.4) is 0 Å². The Hall–Kier alpha value is -1.79. The number of ether oxygens (including phenoxy) is 1. The zero-order chi connectivity index (χ0) is 14.8. The molecule has 1 aromatic carbocycles. The van der Waals surface area contributed by atoms with Crippen LogP contribution in [0.25, 0.3) is 0 Å². The third-order valence-electron chi connectivity index (χ3n) is 2.78. The molecule has 108 valence electrons. The first-order chi connectivity index (χ1) is 9.67. The third kappa shape index (κ3) is 5.90. The summed E-state index contributed by atoms with van der Waals surface area (Å²) in [6.07, 6.45) is 2.99. The van der Waals surface area contributed by atoms with Gasteiger partial charge < -0.3 is 20.2 Å². The fraction of sp³-hybridized carbons (Fsp3) is 0.357. The lowest BCUT2D eigenvalue weighted by molar-refractivity contribution is -0.137. The summed E-state index contributed by atoms with van der Waals surface area (Å²) in [5.74, 6) is -0.712. The Morgan fingerprint density at radius 3 is 2.70 bits per heavy atom. The first kappa shape index (κ1) is 16.3.